The molecule has 1 aliphatic heterocycles. The lowest BCUT2D eigenvalue weighted by Crippen LogP contribution is -2.40. The number of fused-ring (bicyclic) bond motifs is 1. The molecule has 1 saturated carbocycles. The SMILES string of the molecule is CN(C)[C@H]1CN(C(=O)C2CCc3c(C4=CCC(C(=O)O)CC4)nn(C(=O)c4c(Cl)cccc4C4(C(F)(F)F)CC4)c3C2)C[C@@H]1O. The maximum absolute atomic E-state index is 14.3. The first-order valence-corrected chi connectivity index (χ1v) is 15.7. The van der Waals surface area contributed by atoms with E-state index in [1.165, 1.54) is 18.2 Å². The molecule has 0 radical (unpaired) electrons. The second-order valence-electron chi connectivity index (χ2n) is 13.1. The monoisotopic (exact) mass is 648 g/mol. The van der Waals surface area contributed by atoms with Crippen molar-refractivity contribution in [2.75, 3.05) is 27.2 Å². The summed E-state index contributed by atoms with van der Waals surface area (Å²) in [5, 5.41) is 24.6. The van der Waals surface area contributed by atoms with Gasteiger partial charge >= 0.3 is 12.1 Å². The molecule has 0 bridgehead atoms. The minimum Gasteiger partial charge on any atom is -0.481 e. The van der Waals surface area contributed by atoms with Gasteiger partial charge in [-0.3, -0.25) is 14.4 Å². The Labute approximate surface area is 263 Å². The third-order valence-corrected chi connectivity index (χ3v) is 10.5. The Morgan fingerprint density at radius 2 is 1.80 bits per heavy atom. The number of amides is 1. The van der Waals surface area contributed by atoms with Gasteiger partial charge in [0.05, 0.1) is 45.5 Å². The van der Waals surface area contributed by atoms with Crippen LogP contribution >= 0.6 is 11.6 Å². The van der Waals surface area contributed by atoms with E-state index in [9.17, 15) is 37.8 Å². The number of likely N-dealkylation sites (N-methyl/N-ethyl adjacent to an activating group) is 1. The summed E-state index contributed by atoms with van der Waals surface area (Å²) in [7, 11) is 3.68. The molecule has 2 heterocycles. The average Bonchev–Trinajstić information content (AvgIpc) is 3.61. The number of aromatic nitrogens is 2. The Bertz CT molecular complexity index is 1580. The van der Waals surface area contributed by atoms with Crippen molar-refractivity contribution in [3.05, 3.63) is 57.4 Å². The molecule has 45 heavy (non-hydrogen) atoms. The Kier molecular flexibility index (Phi) is 8.14. The molecular formula is C32H36ClF3N4O5. The molecule has 2 N–H and O–H groups in total. The molecule has 1 amide bonds. The number of aliphatic hydroxyl groups is 1. The summed E-state index contributed by atoms with van der Waals surface area (Å²) in [6.45, 7) is 0.550. The first-order valence-electron chi connectivity index (χ1n) is 15.3. The summed E-state index contributed by atoms with van der Waals surface area (Å²) in [4.78, 5) is 43.1. The number of hydrogen-bond donors (Lipinski definition) is 2. The number of β-amino-alcohol motifs (C(OH)–C–C–N with tert-alkyl or cyclic N) is 1. The van der Waals surface area contributed by atoms with Crippen molar-refractivity contribution < 1.29 is 37.8 Å². The van der Waals surface area contributed by atoms with E-state index < -0.39 is 41.4 Å². The first kappa shape index (κ1) is 31.7. The number of likely N-dealkylation sites (tertiary alicyclic amines) is 1. The van der Waals surface area contributed by atoms with Gasteiger partial charge in [0.15, 0.2) is 0 Å². The maximum atomic E-state index is 14.3. The van der Waals surface area contributed by atoms with E-state index in [4.69, 9.17) is 11.6 Å². The van der Waals surface area contributed by atoms with Crippen molar-refractivity contribution in [3.63, 3.8) is 0 Å². The fourth-order valence-electron chi connectivity index (χ4n) is 7.31. The largest absolute Gasteiger partial charge is 0.481 e. The van der Waals surface area contributed by atoms with Crippen LogP contribution < -0.4 is 0 Å². The van der Waals surface area contributed by atoms with Gasteiger partial charge in [0.25, 0.3) is 5.91 Å². The predicted molar refractivity (Wildman–Crippen MR) is 159 cm³/mol. The molecule has 242 valence electrons. The van der Waals surface area contributed by atoms with Gasteiger partial charge in [-0.2, -0.15) is 23.0 Å². The minimum absolute atomic E-state index is 0.107. The number of carbonyl (C=O) groups excluding carboxylic acids is 2. The van der Waals surface area contributed by atoms with Gasteiger partial charge in [-0.05, 0) is 76.2 Å². The Hall–Kier alpha value is -3.22. The lowest BCUT2D eigenvalue weighted by Gasteiger charge is -2.28. The molecule has 1 aromatic heterocycles. The second-order valence-corrected chi connectivity index (χ2v) is 13.5. The molecule has 6 rings (SSSR count). The number of halogens is 4. The van der Waals surface area contributed by atoms with Crippen LogP contribution in [0.4, 0.5) is 13.2 Å². The second kappa shape index (κ2) is 11.5. The summed E-state index contributed by atoms with van der Waals surface area (Å²) >= 11 is 6.48. The number of benzene rings is 1. The summed E-state index contributed by atoms with van der Waals surface area (Å²) < 4.78 is 43.9. The number of carbonyl (C=O) groups is 3. The van der Waals surface area contributed by atoms with Crippen LogP contribution in [0.5, 0.6) is 0 Å². The number of aliphatic hydroxyl groups excluding tert-OH is 1. The zero-order chi connectivity index (χ0) is 32.4. The average molecular weight is 649 g/mol. The van der Waals surface area contributed by atoms with E-state index in [1.54, 1.807) is 4.90 Å². The van der Waals surface area contributed by atoms with E-state index in [1.807, 2.05) is 25.1 Å². The number of allylic oxidation sites excluding steroid dienone is 2. The smallest absolute Gasteiger partial charge is 0.398 e. The van der Waals surface area contributed by atoms with Gasteiger partial charge in [-0.25, -0.2) is 0 Å². The minimum atomic E-state index is -4.57. The molecule has 2 unspecified atom stereocenters. The Morgan fingerprint density at radius 3 is 2.38 bits per heavy atom. The van der Waals surface area contributed by atoms with Crippen LogP contribution in [-0.2, 0) is 27.8 Å². The van der Waals surface area contributed by atoms with Crippen molar-refractivity contribution >= 4 is 35.0 Å². The van der Waals surface area contributed by atoms with Gasteiger partial charge in [-0.15, -0.1) is 0 Å². The molecular weight excluding hydrogens is 613 g/mol. The fourth-order valence-corrected chi connectivity index (χ4v) is 7.57. The van der Waals surface area contributed by atoms with Crippen molar-refractivity contribution in [3.8, 4) is 0 Å². The normalized spacial score (nSPS) is 26.0. The van der Waals surface area contributed by atoms with Crippen LogP contribution in [0.25, 0.3) is 5.57 Å². The Balaban J connectivity index is 1.40. The van der Waals surface area contributed by atoms with E-state index in [0.717, 1.165) is 15.8 Å². The molecule has 2 aromatic rings. The summed E-state index contributed by atoms with van der Waals surface area (Å²) in [5.41, 5.74) is -0.0941. The number of carboxylic acids is 1. The lowest BCUT2D eigenvalue weighted by molar-refractivity contribution is -0.160. The van der Waals surface area contributed by atoms with Crippen molar-refractivity contribution in [2.45, 2.75) is 75.1 Å². The Morgan fingerprint density at radius 1 is 1.09 bits per heavy atom. The number of nitrogens with zero attached hydrogens (tertiary/aromatic N) is 4. The molecule has 3 aliphatic carbocycles. The van der Waals surface area contributed by atoms with Gasteiger partial charge in [-0.1, -0.05) is 29.8 Å². The number of aliphatic carboxylic acids is 1. The molecule has 4 atom stereocenters. The standard InChI is InChI=1S/C32H36ClF3N4O5/c1-38(2)24-15-39(16-25(24)41)28(42)19-10-11-20-23(14-19)40(37-27(20)17-6-8-18(9-7-17)30(44)45)29(43)26-21(4-3-5-22(26)33)31(12-13-31)32(34,35)36/h3-6,18-19,24-25,41H,7-16H2,1-2H3,(H,44,45)/t18?,19?,24-,25-/m0/s1. The predicted octanol–water partition coefficient (Wildman–Crippen LogP) is 4.33. The quantitative estimate of drug-likeness (QED) is 0.479. The summed E-state index contributed by atoms with van der Waals surface area (Å²) in [6, 6.07) is 3.90. The third kappa shape index (κ3) is 5.48. The van der Waals surface area contributed by atoms with Gasteiger partial charge < -0.3 is 20.0 Å². The number of hydrogen-bond acceptors (Lipinski definition) is 6. The molecule has 1 saturated heterocycles. The number of alkyl halides is 3. The molecule has 2 fully saturated rings. The highest BCUT2D eigenvalue weighted by Gasteiger charge is 2.65. The van der Waals surface area contributed by atoms with Gasteiger partial charge in [0.2, 0.25) is 5.91 Å². The van der Waals surface area contributed by atoms with E-state index in [-0.39, 0.29) is 53.9 Å². The summed E-state index contributed by atoms with van der Waals surface area (Å²) in [5.74, 6) is -2.87. The highest BCUT2D eigenvalue weighted by molar-refractivity contribution is 6.34. The molecule has 1 aromatic carbocycles. The number of carboxylic acid groups (broad SMARTS) is 1. The molecule has 9 nitrogen and oxygen atoms in total. The van der Waals surface area contributed by atoms with E-state index in [0.29, 0.717) is 50.0 Å². The summed E-state index contributed by atoms with van der Waals surface area (Å²) in [6.07, 6.45) is -1.63. The highest BCUT2D eigenvalue weighted by Crippen LogP contribution is 2.60. The van der Waals surface area contributed by atoms with Crippen LogP contribution in [0, 0.1) is 11.8 Å². The van der Waals surface area contributed by atoms with Crippen LogP contribution in [0.3, 0.4) is 0 Å². The molecule has 13 heteroatoms. The topological polar surface area (TPSA) is 116 Å². The van der Waals surface area contributed by atoms with E-state index in [2.05, 4.69) is 5.10 Å². The number of rotatable bonds is 6. The van der Waals surface area contributed by atoms with Gasteiger partial charge in [0, 0.05) is 31.0 Å². The van der Waals surface area contributed by atoms with E-state index >= 15 is 0 Å². The van der Waals surface area contributed by atoms with Crippen LogP contribution in [0.15, 0.2) is 24.3 Å². The third-order valence-electron chi connectivity index (χ3n) is 10.1. The van der Waals surface area contributed by atoms with Crippen molar-refractivity contribution in [2.24, 2.45) is 11.8 Å². The van der Waals surface area contributed by atoms with Gasteiger partial charge in [0.1, 0.15) is 0 Å². The fraction of sp³-hybridized carbons (Fsp3) is 0.562. The van der Waals surface area contributed by atoms with Crippen LogP contribution in [-0.4, -0.2) is 93.1 Å². The maximum Gasteiger partial charge on any atom is 0.398 e. The lowest BCUT2D eigenvalue weighted by atomic mass is 9.82. The zero-order valence-electron chi connectivity index (χ0n) is 25.1. The zero-order valence-corrected chi connectivity index (χ0v) is 25.9. The van der Waals surface area contributed by atoms with Crippen molar-refractivity contribution in [1.82, 2.24) is 19.6 Å². The van der Waals surface area contributed by atoms with Crippen molar-refractivity contribution in [1.29, 1.82) is 0 Å². The first-order chi connectivity index (χ1) is 21.2. The molecule has 4 aliphatic rings. The van der Waals surface area contributed by atoms with Crippen LogP contribution in [0.2, 0.25) is 5.02 Å². The highest BCUT2D eigenvalue weighted by atomic mass is 35.5. The molecule has 0 spiro atoms. The van der Waals surface area contributed by atoms with Crippen LogP contribution in [0.1, 0.15) is 71.4 Å².